The van der Waals surface area contributed by atoms with Gasteiger partial charge < -0.3 is 20.1 Å². The van der Waals surface area contributed by atoms with Crippen LogP contribution in [0.1, 0.15) is 0 Å². The summed E-state index contributed by atoms with van der Waals surface area (Å²) >= 11 is 0. The molecular weight excluding hydrogens is 194 g/mol. The number of carbonyl (C=O) groups is 1. The monoisotopic (exact) mass is 211 g/mol. The van der Waals surface area contributed by atoms with Gasteiger partial charge in [-0.2, -0.15) is 0 Å². The smallest absolute Gasteiger partial charge is 0.322 e. The van der Waals surface area contributed by atoms with Crippen LogP contribution in [0.4, 0.5) is 0 Å². The maximum atomic E-state index is 9.65. The van der Waals surface area contributed by atoms with Gasteiger partial charge in [0.1, 0.15) is 16.5 Å². The quantitative estimate of drug-likeness (QED) is 0.455. The largest absolute Gasteiger partial charge is 0.480 e. The second-order valence-electron chi connectivity index (χ2n) is 2.41. The number of nitrogens with two attached hydrogens (primary N) is 1. The Morgan fingerprint density at radius 3 is 2.08 bits per heavy atom. The molecule has 0 aliphatic carbocycles. The topological polar surface area (TPSA) is 92.8 Å². The molecule has 0 unspecified atom stereocenters. The molecule has 0 bridgehead atoms. The molecule has 0 aliphatic heterocycles. The predicted molar refractivity (Wildman–Crippen MR) is 52.6 cm³/mol. The molecule has 0 saturated carbocycles. The average Bonchev–Trinajstić information content (AvgIpc) is 2.04. The fourth-order valence-electron chi connectivity index (χ4n) is 0.0781. The molecule has 0 spiro atoms. The molecule has 0 rings (SSSR count). The fourth-order valence-corrected chi connectivity index (χ4v) is 0.0781. The van der Waals surface area contributed by atoms with E-state index in [2.05, 4.69) is 13.1 Å². The molecule has 12 heavy (non-hydrogen) atoms. The van der Waals surface area contributed by atoms with E-state index in [-0.39, 0.29) is 0 Å². The number of hydrogen-bond acceptors (Lipinski definition) is 4. The van der Waals surface area contributed by atoms with Gasteiger partial charge in [-0.05, 0) is 13.1 Å². The molecule has 0 aromatic carbocycles. The third-order valence-electron chi connectivity index (χ3n) is 0.985. The van der Waals surface area contributed by atoms with Gasteiger partial charge in [0.15, 0.2) is 9.04 Å². The molecular formula is C5H17NO4Si2. The summed E-state index contributed by atoms with van der Waals surface area (Å²) in [5.74, 6) is -1.18. The van der Waals surface area contributed by atoms with Gasteiger partial charge >= 0.3 is 5.97 Å². The van der Waals surface area contributed by atoms with Crippen LogP contribution >= 0.6 is 0 Å². The SMILES string of the molecule is C[SiH](C)O[SiH3].N[C@@H](CO)C(=O)O. The zero-order valence-corrected chi connectivity index (χ0v) is 10.8. The van der Waals surface area contributed by atoms with Gasteiger partial charge in [-0.15, -0.1) is 0 Å². The minimum atomic E-state index is -1.18. The first-order chi connectivity index (χ1) is 5.45. The van der Waals surface area contributed by atoms with Crippen molar-refractivity contribution in [1.82, 2.24) is 0 Å². The maximum absolute atomic E-state index is 9.65. The minimum absolute atomic E-state index is 0.505. The summed E-state index contributed by atoms with van der Waals surface area (Å²) in [5.41, 5.74) is 4.77. The minimum Gasteiger partial charge on any atom is -0.480 e. The van der Waals surface area contributed by atoms with E-state index in [4.69, 9.17) is 20.1 Å². The Balaban J connectivity index is 0. The Kier molecular flexibility index (Phi) is 10.6. The molecule has 0 fully saturated rings. The summed E-state index contributed by atoms with van der Waals surface area (Å²) in [5, 5.41) is 15.9. The number of carboxylic acid groups (broad SMARTS) is 1. The highest BCUT2D eigenvalue weighted by molar-refractivity contribution is 6.52. The van der Waals surface area contributed by atoms with Crippen molar-refractivity contribution >= 4 is 25.5 Å². The van der Waals surface area contributed by atoms with Crippen LogP contribution in [0, 0.1) is 0 Å². The van der Waals surface area contributed by atoms with E-state index in [9.17, 15) is 4.79 Å². The first-order valence-corrected chi connectivity index (χ1v) is 7.17. The number of aliphatic hydroxyl groups excluding tert-OH is 1. The third-order valence-corrected chi connectivity index (χ3v) is 4.76. The molecule has 0 aromatic rings. The second kappa shape index (κ2) is 8.88. The summed E-state index contributed by atoms with van der Waals surface area (Å²) in [6.07, 6.45) is 0. The van der Waals surface area contributed by atoms with Gasteiger partial charge in [-0.25, -0.2) is 0 Å². The molecule has 0 saturated heterocycles. The van der Waals surface area contributed by atoms with Crippen LogP contribution in [0.3, 0.4) is 0 Å². The van der Waals surface area contributed by atoms with Crippen LogP contribution in [0.5, 0.6) is 0 Å². The fraction of sp³-hybridized carbons (Fsp3) is 0.800. The molecule has 0 heterocycles. The molecule has 0 radical (unpaired) electrons. The molecule has 5 nitrogen and oxygen atoms in total. The van der Waals surface area contributed by atoms with Gasteiger partial charge in [0.25, 0.3) is 0 Å². The lowest BCUT2D eigenvalue weighted by atomic mass is 10.3. The molecule has 7 heteroatoms. The number of rotatable bonds is 3. The molecule has 4 N–H and O–H groups in total. The maximum Gasteiger partial charge on any atom is 0.322 e. The van der Waals surface area contributed by atoms with Crippen molar-refractivity contribution in [3.05, 3.63) is 0 Å². The Labute approximate surface area is 76.8 Å². The van der Waals surface area contributed by atoms with Crippen molar-refractivity contribution in [2.45, 2.75) is 19.1 Å². The van der Waals surface area contributed by atoms with Crippen molar-refractivity contribution < 1.29 is 19.1 Å². The van der Waals surface area contributed by atoms with Gasteiger partial charge in [0.05, 0.1) is 6.61 Å². The van der Waals surface area contributed by atoms with Crippen molar-refractivity contribution in [2.75, 3.05) is 6.61 Å². The lowest BCUT2D eigenvalue weighted by Gasteiger charge is -1.96. The highest BCUT2D eigenvalue weighted by Gasteiger charge is 2.06. The van der Waals surface area contributed by atoms with Gasteiger partial charge in [-0.1, -0.05) is 0 Å². The van der Waals surface area contributed by atoms with E-state index >= 15 is 0 Å². The van der Waals surface area contributed by atoms with E-state index in [0.29, 0.717) is 0 Å². The lowest BCUT2D eigenvalue weighted by molar-refractivity contribution is -0.139. The molecule has 74 valence electrons. The van der Waals surface area contributed by atoms with E-state index in [1.54, 1.807) is 0 Å². The van der Waals surface area contributed by atoms with Crippen LogP contribution in [-0.2, 0) is 8.91 Å². The van der Waals surface area contributed by atoms with E-state index in [0.717, 1.165) is 10.5 Å². The van der Waals surface area contributed by atoms with Crippen molar-refractivity contribution in [1.29, 1.82) is 0 Å². The molecule has 1 atom stereocenters. The Bertz CT molecular complexity index is 122. The van der Waals surface area contributed by atoms with Gasteiger partial charge in [0.2, 0.25) is 0 Å². The summed E-state index contributed by atoms with van der Waals surface area (Å²) < 4.78 is 5.03. The summed E-state index contributed by atoms with van der Waals surface area (Å²) in [7, 11) is 0.347. The lowest BCUT2D eigenvalue weighted by Crippen LogP contribution is -2.33. The highest BCUT2D eigenvalue weighted by atomic mass is 28.3. The standard InChI is InChI=1S/C3H7NO3.C2H10OSi2/c4-2(1-5)3(6)7;1-5(2)3-4/h2,5H,1,4H2,(H,6,7);5H,1-2,4H3/t2-;/m0./s1. The number of aliphatic hydroxyl groups is 1. The highest BCUT2D eigenvalue weighted by Crippen LogP contribution is 1.72. The molecule has 0 aliphatic rings. The first kappa shape index (κ1) is 14.3. The van der Waals surface area contributed by atoms with E-state index in [1.165, 1.54) is 0 Å². The molecule has 0 amide bonds. The van der Waals surface area contributed by atoms with Crippen molar-refractivity contribution in [2.24, 2.45) is 5.73 Å². The van der Waals surface area contributed by atoms with Crippen molar-refractivity contribution in [3.63, 3.8) is 0 Å². The van der Waals surface area contributed by atoms with Crippen molar-refractivity contribution in [3.8, 4) is 0 Å². The van der Waals surface area contributed by atoms with E-state index in [1.807, 2.05) is 0 Å². The second-order valence-corrected chi connectivity index (χ2v) is 6.39. The van der Waals surface area contributed by atoms with Gasteiger partial charge in [-0.3, -0.25) is 4.79 Å². The number of aliphatic carboxylic acids is 1. The summed E-state index contributed by atoms with van der Waals surface area (Å²) in [6.45, 7) is 3.84. The van der Waals surface area contributed by atoms with Gasteiger partial charge in [0, 0.05) is 0 Å². The number of carboxylic acids is 1. The molecule has 0 aromatic heterocycles. The summed E-state index contributed by atoms with van der Waals surface area (Å²) in [6, 6.07) is -1.13. The van der Waals surface area contributed by atoms with Crippen LogP contribution in [0.15, 0.2) is 0 Å². The Hall–Kier alpha value is -0.216. The van der Waals surface area contributed by atoms with Crippen LogP contribution < -0.4 is 5.73 Å². The normalized spacial score (nSPS) is 12.1. The Morgan fingerprint density at radius 2 is 2.08 bits per heavy atom. The third kappa shape index (κ3) is 12.5. The Morgan fingerprint density at radius 1 is 1.75 bits per heavy atom. The van der Waals surface area contributed by atoms with Crippen LogP contribution in [0.25, 0.3) is 0 Å². The van der Waals surface area contributed by atoms with Crippen LogP contribution in [0.2, 0.25) is 13.1 Å². The zero-order valence-electron chi connectivity index (χ0n) is 7.65. The van der Waals surface area contributed by atoms with E-state index < -0.39 is 27.7 Å². The summed E-state index contributed by atoms with van der Waals surface area (Å²) in [4.78, 5) is 9.65. The predicted octanol–water partition coefficient (Wildman–Crippen LogP) is -2.34. The average molecular weight is 211 g/mol. The zero-order chi connectivity index (χ0) is 10.1. The van der Waals surface area contributed by atoms with Crippen LogP contribution in [-0.4, -0.2) is 48.4 Å². The first-order valence-electron chi connectivity index (χ1n) is 3.57. The number of hydrogen-bond donors (Lipinski definition) is 3.